The molecular formula is C23H34N4O2S. The van der Waals surface area contributed by atoms with E-state index in [1.165, 1.54) is 36.6 Å². The molecule has 0 saturated heterocycles. The Kier molecular flexibility index (Phi) is 7.81. The Bertz CT molecular complexity index is 821. The molecule has 1 aliphatic rings. The average molecular weight is 431 g/mol. The number of thioether (sulfide) groups is 1. The molecule has 164 valence electrons. The lowest BCUT2D eigenvalue weighted by atomic mass is 9.87. The fourth-order valence-corrected chi connectivity index (χ4v) is 4.53. The topological polar surface area (TPSA) is 69.0 Å². The number of nitrogens with zero attached hydrogens (tertiary/aromatic N) is 3. The summed E-state index contributed by atoms with van der Waals surface area (Å²) in [4.78, 5) is 12.3. The SMILES string of the molecule is CCn1c(COc2ccc(C(C)(C)C)cc2)nnc1SCC(=O)NC1CCCCC1. The van der Waals surface area contributed by atoms with E-state index < -0.39 is 0 Å². The van der Waals surface area contributed by atoms with Gasteiger partial charge in [0.1, 0.15) is 12.4 Å². The summed E-state index contributed by atoms with van der Waals surface area (Å²) in [6.45, 7) is 9.73. The quantitative estimate of drug-likeness (QED) is 0.614. The van der Waals surface area contributed by atoms with E-state index in [1.807, 2.05) is 16.7 Å². The number of ether oxygens (including phenoxy) is 1. The predicted molar refractivity (Wildman–Crippen MR) is 121 cm³/mol. The van der Waals surface area contributed by atoms with Crippen LogP contribution in [0.5, 0.6) is 5.75 Å². The monoisotopic (exact) mass is 430 g/mol. The van der Waals surface area contributed by atoms with Gasteiger partial charge in [-0.3, -0.25) is 4.79 Å². The van der Waals surface area contributed by atoms with E-state index in [1.54, 1.807) is 0 Å². The highest BCUT2D eigenvalue weighted by Gasteiger charge is 2.18. The fourth-order valence-electron chi connectivity index (χ4n) is 3.70. The Morgan fingerprint density at radius 2 is 1.87 bits per heavy atom. The van der Waals surface area contributed by atoms with Gasteiger partial charge in [0.15, 0.2) is 11.0 Å². The number of rotatable bonds is 8. The minimum atomic E-state index is 0.0780. The van der Waals surface area contributed by atoms with Gasteiger partial charge in [-0.15, -0.1) is 10.2 Å². The van der Waals surface area contributed by atoms with Gasteiger partial charge >= 0.3 is 0 Å². The molecule has 3 rings (SSSR count). The van der Waals surface area contributed by atoms with E-state index in [2.05, 4.69) is 55.3 Å². The molecule has 1 heterocycles. The van der Waals surface area contributed by atoms with Crippen molar-refractivity contribution in [3.63, 3.8) is 0 Å². The van der Waals surface area contributed by atoms with Crippen LogP contribution in [-0.4, -0.2) is 32.5 Å². The van der Waals surface area contributed by atoms with Crippen LogP contribution in [0.2, 0.25) is 0 Å². The molecule has 0 bridgehead atoms. The zero-order valence-electron chi connectivity index (χ0n) is 18.6. The maximum Gasteiger partial charge on any atom is 0.230 e. The largest absolute Gasteiger partial charge is 0.486 e. The van der Waals surface area contributed by atoms with E-state index >= 15 is 0 Å². The van der Waals surface area contributed by atoms with Gasteiger partial charge in [0.05, 0.1) is 5.75 Å². The van der Waals surface area contributed by atoms with Crippen molar-refractivity contribution in [2.75, 3.05) is 5.75 Å². The zero-order valence-corrected chi connectivity index (χ0v) is 19.4. The number of hydrogen-bond acceptors (Lipinski definition) is 5. The third-order valence-electron chi connectivity index (χ3n) is 5.50. The molecule has 1 aromatic carbocycles. The first-order valence-corrected chi connectivity index (χ1v) is 11.9. The van der Waals surface area contributed by atoms with E-state index in [-0.39, 0.29) is 11.3 Å². The highest BCUT2D eigenvalue weighted by Crippen LogP contribution is 2.25. The van der Waals surface area contributed by atoms with Crippen molar-refractivity contribution in [3.05, 3.63) is 35.7 Å². The van der Waals surface area contributed by atoms with Crippen LogP contribution in [0.3, 0.4) is 0 Å². The van der Waals surface area contributed by atoms with Gasteiger partial charge in [0, 0.05) is 12.6 Å². The van der Waals surface area contributed by atoms with Crippen molar-refractivity contribution in [1.82, 2.24) is 20.1 Å². The molecule has 0 atom stereocenters. The summed E-state index contributed by atoms with van der Waals surface area (Å²) in [6, 6.07) is 8.54. The Labute approximate surface area is 184 Å². The van der Waals surface area contributed by atoms with Crippen LogP contribution in [0.4, 0.5) is 0 Å². The molecule has 0 spiro atoms. The predicted octanol–water partition coefficient (Wildman–Crippen LogP) is 4.72. The number of carbonyl (C=O) groups excluding carboxylic acids is 1. The molecule has 1 aromatic heterocycles. The molecule has 1 fully saturated rings. The molecule has 2 aromatic rings. The second kappa shape index (κ2) is 10.3. The summed E-state index contributed by atoms with van der Waals surface area (Å²) in [5, 5.41) is 12.5. The molecule has 1 amide bonds. The summed E-state index contributed by atoms with van der Waals surface area (Å²) in [7, 11) is 0. The zero-order chi connectivity index (χ0) is 21.6. The number of amides is 1. The van der Waals surface area contributed by atoms with Crippen molar-refractivity contribution >= 4 is 17.7 Å². The van der Waals surface area contributed by atoms with Crippen LogP contribution in [0.1, 0.15) is 71.2 Å². The van der Waals surface area contributed by atoms with Crippen LogP contribution in [0, 0.1) is 0 Å². The standard InChI is InChI=1S/C23H34N4O2S/c1-5-27-20(15-29-19-13-11-17(12-14-19)23(2,3)4)25-26-22(27)30-16-21(28)24-18-9-7-6-8-10-18/h11-14,18H,5-10,15-16H2,1-4H3,(H,24,28). The number of nitrogens with one attached hydrogen (secondary N) is 1. The number of benzene rings is 1. The molecular weight excluding hydrogens is 396 g/mol. The molecule has 1 saturated carbocycles. The summed E-state index contributed by atoms with van der Waals surface area (Å²) < 4.78 is 7.95. The van der Waals surface area contributed by atoms with Crippen molar-refractivity contribution in [2.24, 2.45) is 0 Å². The Balaban J connectivity index is 1.52. The number of hydrogen-bond donors (Lipinski definition) is 1. The molecule has 0 aliphatic heterocycles. The van der Waals surface area contributed by atoms with Crippen LogP contribution in [0.15, 0.2) is 29.4 Å². The van der Waals surface area contributed by atoms with Gasteiger partial charge in [0.2, 0.25) is 5.91 Å². The van der Waals surface area contributed by atoms with Crippen LogP contribution in [-0.2, 0) is 23.4 Å². The molecule has 0 radical (unpaired) electrons. The molecule has 7 heteroatoms. The van der Waals surface area contributed by atoms with E-state index in [9.17, 15) is 4.79 Å². The summed E-state index contributed by atoms with van der Waals surface area (Å²) in [5.74, 6) is 2.03. The highest BCUT2D eigenvalue weighted by atomic mass is 32.2. The maximum absolute atomic E-state index is 12.3. The molecule has 6 nitrogen and oxygen atoms in total. The Morgan fingerprint density at radius 1 is 1.17 bits per heavy atom. The van der Waals surface area contributed by atoms with Crippen molar-refractivity contribution in [3.8, 4) is 5.75 Å². The molecule has 0 unspecified atom stereocenters. The lowest BCUT2D eigenvalue weighted by Crippen LogP contribution is -2.37. The molecule has 1 aliphatic carbocycles. The van der Waals surface area contributed by atoms with E-state index in [4.69, 9.17) is 4.74 Å². The van der Waals surface area contributed by atoms with Gasteiger partial charge in [-0.2, -0.15) is 0 Å². The van der Waals surface area contributed by atoms with E-state index in [0.29, 0.717) is 18.4 Å². The van der Waals surface area contributed by atoms with Crippen LogP contribution in [0.25, 0.3) is 0 Å². The number of aromatic nitrogens is 3. The third kappa shape index (κ3) is 6.24. The summed E-state index contributed by atoms with van der Waals surface area (Å²) in [6.07, 6.45) is 5.90. The first-order valence-electron chi connectivity index (χ1n) is 10.9. The minimum absolute atomic E-state index is 0.0780. The fraction of sp³-hybridized carbons (Fsp3) is 0.609. The first-order chi connectivity index (χ1) is 14.4. The van der Waals surface area contributed by atoms with Gasteiger partial charge in [-0.1, -0.05) is 63.9 Å². The minimum Gasteiger partial charge on any atom is -0.486 e. The second-order valence-electron chi connectivity index (χ2n) is 8.90. The van der Waals surface area contributed by atoms with Crippen molar-refractivity contribution in [2.45, 2.75) is 89.6 Å². The molecule has 30 heavy (non-hydrogen) atoms. The highest BCUT2D eigenvalue weighted by molar-refractivity contribution is 7.99. The Morgan fingerprint density at radius 3 is 2.50 bits per heavy atom. The van der Waals surface area contributed by atoms with Gasteiger partial charge < -0.3 is 14.6 Å². The van der Waals surface area contributed by atoms with Crippen LogP contribution < -0.4 is 10.1 Å². The van der Waals surface area contributed by atoms with Crippen molar-refractivity contribution < 1.29 is 9.53 Å². The lowest BCUT2D eigenvalue weighted by Gasteiger charge is -2.22. The third-order valence-corrected chi connectivity index (χ3v) is 6.47. The summed E-state index contributed by atoms with van der Waals surface area (Å²) in [5.41, 5.74) is 1.40. The van der Waals surface area contributed by atoms with Crippen LogP contribution >= 0.6 is 11.8 Å². The van der Waals surface area contributed by atoms with Crippen molar-refractivity contribution in [1.29, 1.82) is 0 Å². The maximum atomic E-state index is 12.3. The lowest BCUT2D eigenvalue weighted by molar-refractivity contribution is -0.119. The van der Waals surface area contributed by atoms with Gasteiger partial charge in [-0.25, -0.2) is 0 Å². The second-order valence-corrected chi connectivity index (χ2v) is 9.84. The van der Waals surface area contributed by atoms with E-state index in [0.717, 1.165) is 36.1 Å². The average Bonchev–Trinajstić information content (AvgIpc) is 3.13. The van der Waals surface area contributed by atoms with Gasteiger partial charge in [0.25, 0.3) is 0 Å². The smallest absolute Gasteiger partial charge is 0.230 e. The number of carbonyl (C=O) groups is 1. The van der Waals surface area contributed by atoms with Gasteiger partial charge in [-0.05, 0) is 42.9 Å². The normalized spacial score (nSPS) is 15.2. The first kappa shape index (κ1) is 22.7. The Hall–Kier alpha value is -2.02. The summed E-state index contributed by atoms with van der Waals surface area (Å²) >= 11 is 1.44. The molecule has 1 N–H and O–H groups in total.